The highest BCUT2D eigenvalue weighted by Crippen LogP contribution is 2.27. The summed E-state index contributed by atoms with van der Waals surface area (Å²) >= 11 is 0. The van der Waals surface area contributed by atoms with Crippen LogP contribution in [0.25, 0.3) is 0 Å². The molecule has 4 heteroatoms. The Morgan fingerprint density at radius 3 is 3.08 bits per heavy atom. The molecule has 2 heterocycles. The first-order valence-corrected chi connectivity index (χ1v) is 4.49. The highest BCUT2D eigenvalue weighted by atomic mass is 16.5. The Kier molecular flexibility index (Phi) is 1.92. The van der Waals surface area contributed by atoms with E-state index >= 15 is 0 Å². The van der Waals surface area contributed by atoms with E-state index in [0.29, 0.717) is 18.1 Å². The lowest BCUT2D eigenvalue weighted by Gasteiger charge is -2.27. The van der Waals surface area contributed by atoms with Crippen LogP contribution in [0.3, 0.4) is 0 Å². The van der Waals surface area contributed by atoms with E-state index in [1.807, 2.05) is 6.92 Å². The zero-order chi connectivity index (χ0) is 8.55. The van der Waals surface area contributed by atoms with Gasteiger partial charge >= 0.3 is 0 Å². The summed E-state index contributed by atoms with van der Waals surface area (Å²) in [7, 11) is 0. The maximum absolute atomic E-state index is 5.80. The Balaban J connectivity index is 2.02. The Hall–Kier alpha value is -0.770. The summed E-state index contributed by atoms with van der Waals surface area (Å²) in [5.74, 6) is 0.688. The first-order valence-electron chi connectivity index (χ1n) is 4.49. The van der Waals surface area contributed by atoms with Crippen molar-refractivity contribution in [2.45, 2.75) is 25.5 Å². The average molecular weight is 169 g/mol. The van der Waals surface area contributed by atoms with Gasteiger partial charge in [0.25, 0.3) is 0 Å². The van der Waals surface area contributed by atoms with E-state index in [0.717, 1.165) is 26.1 Å². The largest absolute Gasteiger partial charge is 0.374 e. The smallest absolute Gasteiger partial charge is 0.191 e. The molecule has 2 saturated heterocycles. The van der Waals surface area contributed by atoms with Crippen LogP contribution in [-0.2, 0) is 4.74 Å². The molecule has 2 fully saturated rings. The zero-order valence-corrected chi connectivity index (χ0v) is 7.36. The maximum Gasteiger partial charge on any atom is 0.191 e. The third-order valence-electron chi connectivity index (χ3n) is 2.51. The molecule has 2 aliphatic rings. The van der Waals surface area contributed by atoms with Gasteiger partial charge in [-0.1, -0.05) is 0 Å². The number of morpholine rings is 1. The van der Waals surface area contributed by atoms with Gasteiger partial charge in [0.2, 0.25) is 0 Å². The standard InChI is InChI=1S/C8H15N3O/c1-2-10-8(9)11-4-7-3-6(11)5-12-7/h6-7H,2-5H2,1H3,(H2,9,10). The number of hydrogen-bond acceptors (Lipinski definition) is 2. The quantitative estimate of drug-likeness (QED) is 0.436. The lowest BCUT2D eigenvalue weighted by atomic mass is 10.2. The minimum Gasteiger partial charge on any atom is -0.374 e. The molecule has 12 heavy (non-hydrogen) atoms. The molecule has 2 rings (SSSR count). The van der Waals surface area contributed by atoms with Crippen molar-refractivity contribution in [2.75, 3.05) is 19.7 Å². The fourth-order valence-corrected chi connectivity index (χ4v) is 1.93. The van der Waals surface area contributed by atoms with Gasteiger partial charge in [-0.3, -0.25) is 4.99 Å². The average Bonchev–Trinajstić information content (AvgIpc) is 2.64. The Morgan fingerprint density at radius 2 is 2.58 bits per heavy atom. The normalized spacial score (nSPS) is 34.8. The molecule has 68 valence electrons. The number of aliphatic imine (C=N–C) groups is 1. The van der Waals surface area contributed by atoms with E-state index in [2.05, 4.69) is 9.89 Å². The summed E-state index contributed by atoms with van der Waals surface area (Å²) in [6.07, 6.45) is 1.53. The fraction of sp³-hybridized carbons (Fsp3) is 0.875. The molecule has 0 aliphatic carbocycles. The summed E-state index contributed by atoms with van der Waals surface area (Å²) in [4.78, 5) is 6.35. The van der Waals surface area contributed by atoms with Crippen LogP contribution in [0.2, 0.25) is 0 Å². The van der Waals surface area contributed by atoms with Gasteiger partial charge in [0.05, 0.1) is 18.8 Å². The maximum atomic E-state index is 5.80. The number of hydrogen-bond donors (Lipinski definition) is 1. The van der Waals surface area contributed by atoms with Crippen LogP contribution in [0.4, 0.5) is 0 Å². The molecule has 0 radical (unpaired) electrons. The van der Waals surface area contributed by atoms with Gasteiger partial charge in [-0.15, -0.1) is 0 Å². The molecular weight excluding hydrogens is 154 g/mol. The van der Waals surface area contributed by atoms with Crippen molar-refractivity contribution in [1.82, 2.24) is 4.90 Å². The second kappa shape index (κ2) is 2.94. The van der Waals surface area contributed by atoms with E-state index < -0.39 is 0 Å². The zero-order valence-electron chi connectivity index (χ0n) is 7.36. The molecule has 2 atom stereocenters. The summed E-state index contributed by atoms with van der Waals surface area (Å²) in [6, 6.07) is 0.491. The summed E-state index contributed by atoms with van der Waals surface area (Å²) in [5, 5.41) is 0. The van der Waals surface area contributed by atoms with Crippen molar-refractivity contribution in [3.8, 4) is 0 Å². The number of rotatable bonds is 1. The molecule has 4 nitrogen and oxygen atoms in total. The van der Waals surface area contributed by atoms with Crippen LogP contribution in [-0.4, -0.2) is 42.7 Å². The highest BCUT2D eigenvalue weighted by molar-refractivity contribution is 5.78. The van der Waals surface area contributed by atoms with Gasteiger partial charge in [-0.2, -0.15) is 0 Å². The van der Waals surface area contributed by atoms with Crippen molar-refractivity contribution < 1.29 is 4.74 Å². The van der Waals surface area contributed by atoms with Gasteiger partial charge in [0.15, 0.2) is 5.96 Å². The van der Waals surface area contributed by atoms with Crippen LogP contribution in [0.15, 0.2) is 4.99 Å². The van der Waals surface area contributed by atoms with Crippen LogP contribution in [0, 0.1) is 0 Å². The van der Waals surface area contributed by atoms with Gasteiger partial charge in [-0.25, -0.2) is 0 Å². The number of ether oxygens (including phenoxy) is 1. The summed E-state index contributed by atoms with van der Waals surface area (Å²) in [6.45, 7) is 4.52. The van der Waals surface area contributed by atoms with Crippen LogP contribution in [0.1, 0.15) is 13.3 Å². The predicted octanol–water partition coefficient (Wildman–Crippen LogP) is -0.206. The third-order valence-corrected chi connectivity index (χ3v) is 2.51. The first-order chi connectivity index (χ1) is 5.81. The Bertz CT molecular complexity index is 204. The van der Waals surface area contributed by atoms with Gasteiger partial charge in [-0.05, 0) is 13.3 Å². The second-order valence-corrected chi connectivity index (χ2v) is 3.33. The molecule has 2 N–H and O–H groups in total. The molecule has 2 unspecified atom stereocenters. The number of nitrogens with two attached hydrogens (primary N) is 1. The van der Waals surface area contributed by atoms with Crippen molar-refractivity contribution in [3.05, 3.63) is 0 Å². The van der Waals surface area contributed by atoms with E-state index in [4.69, 9.17) is 10.5 Å². The van der Waals surface area contributed by atoms with E-state index in [-0.39, 0.29) is 0 Å². The van der Waals surface area contributed by atoms with Crippen molar-refractivity contribution >= 4 is 5.96 Å². The molecule has 0 saturated carbocycles. The monoisotopic (exact) mass is 169 g/mol. The Morgan fingerprint density at radius 1 is 1.75 bits per heavy atom. The van der Waals surface area contributed by atoms with E-state index in [1.54, 1.807) is 0 Å². The van der Waals surface area contributed by atoms with Crippen LogP contribution in [0.5, 0.6) is 0 Å². The highest BCUT2D eigenvalue weighted by Gasteiger charge is 2.39. The molecule has 2 aliphatic heterocycles. The van der Waals surface area contributed by atoms with Gasteiger partial charge in [0, 0.05) is 13.1 Å². The molecule has 0 spiro atoms. The SMILES string of the molecule is CCN=C(N)N1CC2CC1CO2. The number of fused-ring (bicyclic) bond motifs is 2. The Labute approximate surface area is 72.4 Å². The van der Waals surface area contributed by atoms with Gasteiger partial charge in [0.1, 0.15) is 0 Å². The molecule has 0 amide bonds. The lowest BCUT2D eigenvalue weighted by Crippen LogP contribution is -2.45. The van der Waals surface area contributed by atoms with Crippen LogP contribution >= 0.6 is 0 Å². The summed E-state index contributed by atoms with van der Waals surface area (Å²) in [5.41, 5.74) is 5.80. The predicted molar refractivity (Wildman–Crippen MR) is 47.0 cm³/mol. The van der Waals surface area contributed by atoms with Crippen LogP contribution < -0.4 is 5.73 Å². The second-order valence-electron chi connectivity index (χ2n) is 3.33. The molecular formula is C8H15N3O. The number of guanidine groups is 1. The third kappa shape index (κ3) is 1.16. The minimum atomic E-state index is 0.403. The minimum absolute atomic E-state index is 0.403. The number of likely N-dealkylation sites (tertiary alicyclic amines) is 1. The lowest BCUT2D eigenvalue weighted by molar-refractivity contribution is 0.0562. The molecule has 0 aromatic rings. The molecule has 0 aromatic carbocycles. The fourth-order valence-electron chi connectivity index (χ4n) is 1.93. The first kappa shape index (κ1) is 7.86. The molecule has 2 bridgehead atoms. The van der Waals surface area contributed by atoms with E-state index in [1.165, 1.54) is 0 Å². The topological polar surface area (TPSA) is 50.8 Å². The van der Waals surface area contributed by atoms with Crippen molar-refractivity contribution in [1.29, 1.82) is 0 Å². The number of nitrogens with zero attached hydrogens (tertiary/aromatic N) is 2. The summed E-state index contributed by atoms with van der Waals surface area (Å²) < 4.78 is 5.46. The van der Waals surface area contributed by atoms with Crippen molar-refractivity contribution in [2.24, 2.45) is 10.7 Å². The van der Waals surface area contributed by atoms with E-state index in [9.17, 15) is 0 Å². The molecule has 0 aromatic heterocycles. The van der Waals surface area contributed by atoms with Crippen molar-refractivity contribution in [3.63, 3.8) is 0 Å². The van der Waals surface area contributed by atoms with Gasteiger partial charge < -0.3 is 15.4 Å².